The third kappa shape index (κ3) is 3.41. The molecule has 1 aromatic rings. The lowest BCUT2D eigenvalue weighted by Crippen LogP contribution is -2.19. The molecule has 0 aliphatic rings. The molecule has 0 bridgehead atoms. The van der Waals surface area contributed by atoms with Gasteiger partial charge in [0.2, 0.25) is 0 Å². The van der Waals surface area contributed by atoms with Gasteiger partial charge in [-0.1, -0.05) is 19.9 Å². The SMILES string of the molecule is COc1c(C)c(C)cc(C)c1NCC(C#N)C(C)C. The van der Waals surface area contributed by atoms with Crippen molar-refractivity contribution in [2.45, 2.75) is 34.6 Å². The molecule has 0 aliphatic carbocycles. The fourth-order valence-electron chi connectivity index (χ4n) is 2.17. The molecule has 0 aromatic heterocycles. The largest absolute Gasteiger partial charge is 0.494 e. The summed E-state index contributed by atoms with van der Waals surface area (Å²) in [5.41, 5.74) is 4.53. The summed E-state index contributed by atoms with van der Waals surface area (Å²) in [6.45, 7) is 11.0. The maximum atomic E-state index is 9.15. The molecule has 0 aliphatic heterocycles. The van der Waals surface area contributed by atoms with E-state index in [2.05, 4.69) is 52.1 Å². The fraction of sp³-hybridized carbons (Fsp3) is 0.562. The Morgan fingerprint density at radius 3 is 2.37 bits per heavy atom. The molecular weight excluding hydrogens is 236 g/mol. The Kier molecular flexibility index (Phi) is 5.23. The number of nitrogens with one attached hydrogen (secondary N) is 1. The maximum absolute atomic E-state index is 9.15. The first kappa shape index (κ1) is 15.4. The summed E-state index contributed by atoms with van der Waals surface area (Å²) in [5, 5.41) is 12.5. The van der Waals surface area contributed by atoms with Crippen LogP contribution < -0.4 is 10.1 Å². The van der Waals surface area contributed by atoms with E-state index in [0.29, 0.717) is 12.5 Å². The Balaban J connectivity index is 3.02. The van der Waals surface area contributed by atoms with Gasteiger partial charge in [-0.15, -0.1) is 0 Å². The zero-order valence-corrected chi connectivity index (χ0v) is 12.8. The molecule has 1 atom stereocenters. The van der Waals surface area contributed by atoms with E-state index in [-0.39, 0.29) is 5.92 Å². The number of hydrogen-bond acceptors (Lipinski definition) is 3. The van der Waals surface area contributed by atoms with Crippen molar-refractivity contribution in [3.05, 3.63) is 22.8 Å². The number of hydrogen-bond donors (Lipinski definition) is 1. The Labute approximate surface area is 116 Å². The lowest BCUT2D eigenvalue weighted by molar-refractivity contribution is 0.412. The van der Waals surface area contributed by atoms with Crippen molar-refractivity contribution < 1.29 is 4.74 Å². The number of methoxy groups -OCH3 is 1. The van der Waals surface area contributed by atoms with Gasteiger partial charge in [0.25, 0.3) is 0 Å². The molecule has 0 heterocycles. The highest BCUT2D eigenvalue weighted by atomic mass is 16.5. The van der Waals surface area contributed by atoms with Crippen molar-refractivity contribution in [3.8, 4) is 11.8 Å². The van der Waals surface area contributed by atoms with Crippen LogP contribution in [0.3, 0.4) is 0 Å². The fourth-order valence-corrected chi connectivity index (χ4v) is 2.17. The number of anilines is 1. The van der Waals surface area contributed by atoms with E-state index in [1.165, 1.54) is 5.56 Å². The van der Waals surface area contributed by atoms with Gasteiger partial charge in [-0.25, -0.2) is 0 Å². The van der Waals surface area contributed by atoms with E-state index in [0.717, 1.165) is 22.6 Å². The van der Waals surface area contributed by atoms with Gasteiger partial charge in [0.05, 0.1) is 24.8 Å². The minimum absolute atomic E-state index is 0.00529. The zero-order valence-electron chi connectivity index (χ0n) is 12.8. The Morgan fingerprint density at radius 2 is 1.89 bits per heavy atom. The minimum Gasteiger partial charge on any atom is -0.494 e. The first-order chi connectivity index (χ1) is 8.92. The molecule has 0 fully saturated rings. The van der Waals surface area contributed by atoms with Crippen LogP contribution in [0.2, 0.25) is 0 Å². The third-order valence-electron chi connectivity index (χ3n) is 3.66. The van der Waals surface area contributed by atoms with Gasteiger partial charge in [0.1, 0.15) is 5.75 Å². The summed E-state index contributed by atoms with van der Waals surface area (Å²) < 4.78 is 5.52. The minimum atomic E-state index is 0.00529. The Hall–Kier alpha value is -1.69. The molecule has 1 rings (SSSR count). The number of benzene rings is 1. The first-order valence-corrected chi connectivity index (χ1v) is 6.70. The molecule has 3 nitrogen and oxygen atoms in total. The maximum Gasteiger partial charge on any atom is 0.145 e. The average Bonchev–Trinajstić information content (AvgIpc) is 2.35. The van der Waals surface area contributed by atoms with Crippen molar-refractivity contribution in [3.63, 3.8) is 0 Å². The highest BCUT2D eigenvalue weighted by Gasteiger charge is 2.16. The highest BCUT2D eigenvalue weighted by Crippen LogP contribution is 2.34. The summed E-state index contributed by atoms with van der Waals surface area (Å²) in [5.74, 6) is 1.24. The normalized spacial score (nSPS) is 12.1. The molecule has 0 spiro atoms. The molecule has 104 valence electrons. The van der Waals surface area contributed by atoms with E-state index < -0.39 is 0 Å². The van der Waals surface area contributed by atoms with Gasteiger partial charge < -0.3 is 10.1 Å². The van der Waals surface area contributed by atoms with Crippen LogP contribution in [0.1, 0.15) is 30.5 Å². The van der Waals surface area contributed by atoms with Crippen LogP contribution in [0.4, 0.5) is 5.69 Å². The zero-order chi connectivity index (χ0) is 14.6. The van der Waals surface area contributed by atoms with Crippen LogP contribution in [-0.4, -0.2) is 13.7 Å². The summed E-state index contributed by atoms with van der Waals surface area (Å²) in [7, 11) is 1.69. The van der Waals surface area contributed by atoms with Crippen LogP contribution >= 0.6 is 0 Å². The molecule has 19 heavy (non-hydrogen) atoms. The predicted molar refractivity (Wildman–Crippen MR) is 79.6 cm³/mol. The van der Waals surface area contributed by atoms with Crippen molar-refractivity contribution >= 4 is 5.69 Å². The van der Waals surface area contributed by atoms with Crippen LogP contribution in [0.25, 0.3) is 0 Å². The van der Waals surface area contributed by atoms with Gasteiger partial charge >= 0.3 is 0 Å². The highest BCUT2D eigenvalue weighted by molar-refractivity contribution is 5.66. The molecule has 1 N–H and O–H groups in total. The summed E-state index contributed by atoms with van der Waals surface area (Å²) >= 11 is 0. The second-order valence-electron chi connectivity index (χ2n) is 5.40. The van der Waals surface area contributed by atoms with Crippen LogP contribution in [0.15, 0.2) is 6.07 Å². The molecule has 0 saturated carbocycles. The van der Waals surface area contributed by atoms with Crippen molar-refractivity contribution in [1.82, 2.24) is 0 Å². The molecule has 1 aromatic carbocycles. The summed E-state index contributed by atoms with van der Waals surface area (Å²) in [6.07, 6.45) is 0. The van der Waals surface area contributed by atoms with E-state index in [4.69, 9.17) is 10.00 Å². The quantitative estimate of drug-likeness (QED) is 0.875. The Morgan fingerprint density at radius 1 is 1.26 bits per heavy atom. The predicted octanol–water partition coefficient (Wildman–Crippen LogP) is 3.83. The van der Waals surface area contributed by atoms with Crippen LogP contribution in [-0.2, 0) is 0 Å². The molecular formula is C16H24N2O. The first-order valence-electron chi connectivity index (χ1n) is 6.70. The third-order valence-corrected chi connectivity index (χ3v) is 3.66. The lowest BCUT2D eigenvalue weighted by Gasteiger charge is -2.20. The number of aryl methyl sites for hydroxylation is 2. The number of nitriles is 1. The van der Waals surface area contributed by atoms with E-state index >= 15 is 0 Å². The van der Waals surface area contributed by atoms with Crippen molar-refractivity contribution in [1.29, 1.82) is 5.26 Å². The number of nitrogens with zero attached hydrogens (tertiary/aromatic N) is 1. The topological polar surface area (TPSA) is 45.0 Å². The lowest BCUT2D eigenvalue weighted by atomic mass is 9.97. The molecule has 0 radical (unpaired) electrons. The second-order valence-corrected chi connectivity index (χ2v) is 5.40. The molecule has 0 saturated heterocycles. The standard InChI is InChI=1S/C16H24N2O/c1-10(2)14(8-17)9-18-15-12(4)7-11(3)13(5)16(15)19-6/h7,10,14,18H,9H2,1-6H3. The van der Waals surface area contributed by atoms with Gasteiger partial charge in [-0.05, 0) is 43.4 Å². The molecule has 1 unspecified atom stereocenters. The number of ether oxygens (including phenoxy) is 1. The van der Waals surface area contributed by atoms with Gasteiger partial charge in [0, 0.05) is 6.54 Å². The van der Waals surface area contributed by atoms with E-state index in [1.54, 1.807) is 7.11 Å². The van der Waals surface area contributed by atoms with Crippen molar-refractivity contribution in [2.75, 3.05) is 19.0 Å². The van der Waals surface area contributed by atoms with Crippen LogP contribution in [0, 0.1) is 43.9 Å². The second kappa shape index (κ2) is 6.47. The van der Waals surface area contributed by atoms with Gasteiger partial charge in [-0.2, -0.15) is 5.26 Å². The van der Waals surface area contributed by atoms with Crippen LogP contribution in [0.5, 0.6) is 5.75 Å². The average molecular weight is 260 g/mol. The Bertz CT molecular complexity index is 487. The van der Waals surface area contributed by atoms with E-state index in [1.807, 2.05) is 0 Å². The molecule has 3 heteroatoms. The van der Waals surface area contributed by atoms with E-state index in [9.17, 15) is 0 Å². The smallest absolute Gasteiger partial charge is 0.145 e. The monoisotopic (exact) mass is 260 g/mol. The summed E-state index contributed by atoms with van der Waals surface area (Å²) in [4.78, 5) is 0. The van der Waals surface area contributed by atoms with Crippen molar-refractivity contribution in [2.24, 2.45) is 11.8 Å². The van der Waals surface area contributed by atoms with Gasteiger partial charge in [-0.3, -0.25) is 0 Å². The number of rotatable bonds is 5. The summed E-state index contributed by atoms with van der Waals surface area (Å²) in [6, 6.07) is 4.50. The van der Waals surface area contributed by atoms with Gasteiger partial charge in [0.15, 0.2) is 0 Å². The molecule has 0 amide bonds.